The van der Waals surface area contributed by atoms with Gasteiger partial charge in [-0.3, -0.25) is 10.6 Å². The van der Waals surface area contributed by atoms with Crippen LogP contribution in [0.4, 0.5) is 0 Å². The van der Waals surface area contributed by atoms with Gasteiger partial charge in [-0.05, 0) is 48.5 Å². The molecule has 0 fully saturated rings. The molecule has 2 N–H and O–H groups in total. The van der Waals surface area contributed by atoms with Crippen molar-refractivity contribution in [2.75, 3.05) is 0 Å². The lowest BCUT2D eigenvalue weighted by Gasteiger charge is -2.32. The normalized spacial score (nSPS) is 14.0. The van der Waals surface area contributed by atoms with E-state index in [9.17, 15) is 0 Å². The molecule has 0 aromatic heterocycles. The summed E-state index contributed by atoms with van der Waals surface area (Å²) in [5.41, 5.74) is 0.356. The summed E-state index contributed by atoms with van der Waals surface area (Å²) >= 11 is 0. The fourth-order valence-electron chi connectivity index (χ4n) is 1.34. The van der Waals surface area contributed by atoms with E-state index >= 15 is 0 Å². The van der Waals surface area contributed by atoms with E-state index in [1.165, 1.54) is 0 Å². The molecule has 0 amide bonds. The summed E-state index contributed by atoms with van der Waals surface area (Å²) in [4.78, 5) is 0. The predicted octanol–water partition coefficient (Wildman–Crippen LogP) is 2.11. The number of hydrogen-bond donors (Lipinski definition) is 2. The number of rotatable bonds is 2. The minimum atomic E-state index is 0.178. The molecular weight excluding hydrogens is 148 g/mol. The Hall–Kier alpha value is -0.0800. The minimum Gasteiger partial charge on any atom is -0.297 e. The maximum absolute atomic E-state index is 3.46. The van der Waals surface area contributed by atoms with Gasteiger partial charge in [0.25, 0.3) is 0 Å². The molecule has 0 atom stereocenters. The van der Waals surface area contributed by atoms with E-state index in [-0.39, 0.29) is 11.1 Å². The second-order valence-corrected chi connectivity index (χ2v) is 5.51. The molecule has 74 valence electrons. The fraction of sp³-hybridized carbons (Fsp3) is 1.00. The van der Waals surface area contributed by atoms with E-state index in [0.29, 0.717) is 6.17 Å². The Labute approximate surface area is 77.1 Å². The smallest absolute Gasteiger partial charge is 0.0550 e. The maximum Gasteiger partial charge on any atom is 0.0550 e. The van der Waals surface area contributed by atoms with Gasteiger partial charge < -0.3 is 0 Å². The van der Waals surface area contributed by atoms with Crippen LogP contribution >= 0.6 is 0 Å². The summed E-state index contributed by atoms with van der Waals surface area (Å²) in [5, 5.41) is 6.93. The Morgan fingerprint density at radius 2 is 1.00 bits per heavy atom. The topological polar surface area (TPSA) is 24.1 Å². The maximum atomic E-state index is 3.46. The SMILES string of the molecule is CC(NC(C)(C)C)NC(C)(C)C. The molecule has 0 aromatic carbocycles. The molecule has 0 saturated carbocycles. The average molecular weight is 172 g/mol. The van der Waals surface area contributed by atoms with Crippen LogP contribution < -0.4 is 10.6 Å². The van der Waals surface area contributed by atoms with Gasteiger partial charge in [0.2, 0.25) is 0 Å². The molecule has 0 rings (SSSR count). The summed E-state index contributed by atoms with van der Waals surface area (Å²) in [6, 6.07) is 0. The highest BCUT2D eigenvalue weighted by atomic mass is 15.2. The van der Waals surface area contributed by atoms with E-state index in [2.05, 4.69) is 59.1 Å². The van der Waals surface area contributed by atoms with Gasteiger partial charge in [-0.2, -0.15) is 0 Å². The quantitative estimate of drug-likeness (QED) is 0.623. The fourth-order valence-corrected chi connectivity index (χ4v) is 1.34. The Morgan fingerprint density at radius 1 is 0.750 bits per heavy atom. The molecule has 2 nitrogen and oxygen atoms in total. The lowest BCUT2D eigenvalue weighted by Crippen LogP contribution is -2.54. The van der Waals surface area contributed by atoms with Crippen molar-refractivity contribution in [1.82, 2.24) is 10.6 Å². The lowest BCUT2D eigenvalue weighted by atomic mass is 10.1. The van der Waals surface area contributed by atoms with Crippen LogP contribution in [-0.2, 0) is 0 Å². The van der Waals surface area contributed by atoms with E-state index in [0.717, 1.165) is 0 Å². The molecular formula is C10H24N2. The van der Waals surface area contributed by atoms with Crippen LogP contribution in [0, 0.1) is 0 Å². The van der Waals surface area contributed by atoms with Crippen molar-refractivity contribution in [3.8, 4) is 0 Å². The average Bonchev–Trinajstić information content (AvgIpc) is 1.49. The number of hydrogen-bond acceptors (Lipinski definition) is 2. The molecule has 0 bridgehead atoms. The zero-order valence-electron chi connectivity index (χ0n) is 9.58. The first-order valence-electron chi connectivity index (χ1n) is 4.65. The second kappa shape index (κ2) is 3.75. The van der Waals surface area contributed by atoms with Gasteiger partial charge in [-0.25, -0.2) is 0 Å². The van der Waals surface area contributed by atoms with Crippen molar-refractivity contribution in [3.05, 3.63) is 0 Å². The van der Waals surface area contributed by atoms with Gasteiger partial charge in [0.1, 0.15) is 0 Å². The zero-order valence-corrected chi connectivity index (χ0v) is 9.58. The Kier molecular flexibility index (Phi) is 3.73. The molecule has 0 saturated heterocycles. The standard InChI is InChI=1S/C10H24N2/c1-8(11-9(2,3)4)12-10(5,6)7/h8,11-12H,1-7H3. The van der Waals surface area contributed by atoms with Gasteiger partial charge in [0, 0.05) is 11.1 Å². The molecule has 12 heavy (non-hydrogen) atoms. The first-order valence-corrected chi connectivity index (χ1v) is 4.65. The Balaban J connectivity index is 3.83. The van der Waals surface area contributed by atoms with Crippen LogP contribution in [0.2, 0.25) is 0 Å². The summed E-state index contributed by atoms with van der Waals surface area (Å²) in [6.07, 6.45) is 0.352. The van der Waals surface area contributed by atoms with Crippen molar-refractivity contribution in [3.63, 3.8) is 0 Å². The van der Waals surface area contributed by atoms with Crippen LogP contribution in [0.15, 0.2) is 0 Å². The van der Waals surface area contributed by atoms with Crippen LogP contribution in [0.5, 0.6) is 0 Å². The van der Waals surface area contributed by atoms with Crippen molar-refractivity contribution in [1.29, 1.82) is 0 Å². The zero-order chi connectivity index (χ0) is 9.99. The van der Waals surface area contributed by atoms with E-state index in [1.807, 2.05) is 0 Å². The number of nitrogens with one attached hydrogen (secondary N) is 2. The highest BCUT2D eigenvalue weighted by Crippen LogP contribution is 2.04. The monoisotopic (exact) mass is 172 g/mol. The molecule has 0 unspecified atom stereocenters. The van der Waals surface area contributed by atoms with Crippen LogP contribution in [0.3, 0.4) is 0 Å². The van der Waals surface area contributed by atoms with Crippen molar-refractivity contribution < 1.29 is 0 Å². The van der Waals surface area contributed by atoms with Gasteiger partial charge >= 0.3 is 0 Å². The van der Waals surface area contributed by atoms with Crippen molar-refractivity contribution in [2.45, 2.75) is 65.7 Å². The van der Waals surface area contributed by atoms with Crippen molar-refractivity contribution in [2.24, 2.45) is 0 Å². The Bertz CT molecular complexity index is 112. The Morgan fingerprint density at radius 3 is 1.17 bits per heavy atom. The largest absolute Gasteiger partial charge is 0.297 e. The third-order valence-electron chi connectivity index (χ3n) is 1.30. The first-order chi connectivity index (χ1) is 5.10. The summed E-state index contributed by atoms with van der Waals surface area (Å²) < 4.78 is 0. The van der Waals surface area contributed by atoms with Crippen LogP contribution in [0.25, 0.3) is 0 Å². The molecule has 0 aliphatic rings. The molecule has 0 radical (unpaired) electrons. The third kappa shape index (κ3) is 8.02. The highest BCUT2D eigenvalue weighted by Gasteiger charge is 2.17. The molecule has 2 heteroatoms. The highest BCUT2D eigenvalue weighted by molar-refractivity contribution is 4.79. The van der Waals surface area contributed by atoms with E-state index in [1.54, 1.807) is 0 Å². The summed E-state index contributed by atoms with van der Waals surface area (Å²) in [5.74, 6) is 0. The molecule has 0 heterocycles. The van der Waals surface area contributed by atoms with Gasteiger partial charge in [-0.15, -0.1) is 0 Å². The molecule has 0 aliphatic carbocycles. The third-order valence-corrected chi connectivity index (χ3v) is 1.30. The molecule has 0 aromatic rings. The first kappa shape index (κ1) is 11.9. The summed E-state index contributed by atoms with van der Waals surface area (Å²) in [7, 11) is 0. The minimum absolute atomic E-state index is 0.178. The lowest BCUT2D eigenvalue weighted by molar-refractivity contribution is 0.277. The van der Waals surface area contributed by atoms with Gasteiger partial charge in [-0.1, -0.05) is 0 Å². The molecule has 0 aliphatic heterocycles. The van der Waals surface area contributed by atoms with Gasteiger partial charge in [0.05, 0.1) is 6.17 Å². The molecule has 0 spiro atoms. The van der Waals surface area contributed by atoms with Crippen LogP contribution in [-0.4, -0.2) is 17.2 Å². The summed E-state index contributed by atoms with van der Waals surface area (Å²) in [6.45, 7) is 15.2. The van der Waals surface area contributed by atoms with Gasteiger partial charge in [0.15, 0.2) is 0 Å². The van der Waals surface area contributed by atoms with E-state index < -0.39 is 0 Å². The van der Waals surface area contributed by atoms with E-state index in [4.69, 9.17) is 0 Å². The predicted molar refractivity (Wildman–Crippen MR) is 55.2 cm³/mol. The van der Waals surface area contributed by atoms with Crippen LogP contribution in [0.1, 0.15) is 48.5 Å². The second-order valence-electron chi connectivity index (χ2n) is 5.51. The van der Waals surface area contributed by atoms with Crippen molar-refractivity contribution >= 4 is 0 Å².